The normalized spacial score (nSPS) is 10.2. The third kappa shape index (κ3) is 15.6. The highest BCUT2D eigenvalue weighted by molar-refractivity contribution is 5.77. The summed E-state index contributed by atoms with van der Waals surface area (Å²) in [5.41, 5.74) is 1.22. The van der Waals surface area contributed by atoms with Gasteiger partial charge in [0.25, 0.3) is 0 Å². The Morgan fingerprint density at radius 3 is 2.10 bits per heavy atom. The van der Waals surface area contributed by atoms with Gasteiger partial charge in [0.05, 0.1) is 19.4 Å². The van der Waals surface area contributed by atoms with E-state index in [9.17, 15) is 9.59 Å². The SMILES string of the molecule is CCCCCCCCCCC#CCOC(=O)CCC(=O)OCCCc1ccccc1. The first-order valence-corrected chi connectivity index (χ1v) is 11.5. The molecule has 166 valence electrons. The molecule has 4 nitrogen and oxygen atoms in total. The average Bonchev–Trinajstić information content (AvgIpc) is 2.76. The monoisotopic (exact) mass is 414 g/mol. The van der Waals surface area contributed by atoms with E-state index in [0.717, 1.165) is 25.7 Å². The molecule has 0 amide bonds. The molecule has 0 aliphatic heterocycles. The summed E-state index contributed by atoms with van der Waals surface area (Å²) in [4.78, 5) is 23.3. The van der Waals surface area contributed by atoms with Gasteiger partial charge >= 0.3 is 11.9 Å². The summed E-state index contributed by atoms with van der Waals surface area (Å²) in [6, 6.07) is 10.1. The molecule has 0 heterocycles. The highest BCUT2D eigenvalue weighted by atomic mass is 16.5. The number of esters is 2. The maximum absolute atomic E-state index is 11.7. The number of ether oxygens (including phenoxy) is 2. The molecule has 30 heavy (non-hydrogen) atoms. The summed E-state index contributed by atoms with van der Waals surface area (Å²) < 4.78 is 10.2. The van der Waals surface area contributed by atoms with E-state index >= 15 is 0 Å². The van der Waals surface area contributed by atoms with Crippen LogP contribution in [0.4, 0.5) is 0 Å². The minimum absolute atomic E-state index is 0.0389. The second-order valence-corrected chi connectivity index (χ2v) is 7.55. The summed E-state index contributed by atoms with van der Waals surface area (Å²) in [7, 11) is 0. The smallest absolute Gasteiger partial charge is 0.307 e. The Morgan fingerprint density at radius 2 is 1.40 bits per heavy atom. The molecular weight excluding hydrogens is 376 g/mol. The van der Waals surface area contributed by atoms with Gasteiger partial charge in [-0.1, -0.05) is 94.0 Å². The molecule has 0 saturated heterocycles. The van der Waals surface area contributed by atoms with Crippen molar-refractivity contribution in [3.8, 4) is 11.8 Å². The van der Waals surface area contributed by atoms with Gasteiger partial charge in [-0.2, -0.15) is 0 Å². The van der Waals surface area contributed by atoms with Crippen LogP contribution in [0.25, 0.3) is 0 Å². The number of rotatable bonds is 16. The van der Waals surface area contributed by atoms with Crippen LogP contribution in [0.5, 0.6) is 0 Å². The summed E-state index contributed by atoms with van der Waals surface area (Å²) >= 11 is 0. The van der Waals surface area contributed by atoms with Crippen LogP contribution in [-0.4, -0.2) is 25.2 Å². The Morgan fingerprint density at radius 1 is 0.767 bits per heavy atom. The Labute approximate surface area is 182 Å². The molecule has 1 aromatic carbocycles. The number of hydrogen-bond donors (Lipinski definition) is 0. The lowest BCUT2D eigenvalue weighted by Gasteiger charge is -2.05. The molecule has 0 bridgehead atoms. The van der Waals surface area contributed by atoms with Gasteiger partial charge in [0.15, 0.2) is 6.61 Å². The van der Waals surface area contributed by atoms with Crippen molar-refractivity contribution < 1.29 is 19.1 Å². The summed E-state index contributed by atoms with van der Waals surface area (Å²) in [5, 5.41) is 0. The third-order valence-electron chi connectivity index (χ3n) is 4.83. The average molecular weight is 415 g/mol. The fourth-order valence-electron chi connectivity index (χ4n) is 3.06. The van der Waals surface area contributed by atoms with Crippen molar-refractivity contribution in [2.24, 2.45) is 0 Å². The topological polar surface area (TPSA) is 52.6 Å². The van der Waals surface area contributed by atoms with Crippen molar-refractivity contribution in [2.75, 3.05) is 13.2 Å². The third-order valence-corrected chi connectivity index (χ3v) is 4.83. The van der Waals surface area contributed by atoms with Crippen LogP contribution in [-0.2, 0) is 25.5 Å². The van der Waals surface area contributed by atoms with Gasteiger partial charge in [-0.25, -0.2) is 0 Å². The lowest BCUT2D eigenvalue weighted by molar-refractivity contribution is -0.149. The highest BCUT2D eigenvalue weighted by Gasteiger charge is 2.08. The predicted octanol–water partition coefficient (Wildman–Crippen LogP) is 6.02. The Balaban J connectivity index is 1.92. The minimum Gasteiger partial charge on any atom is -0.466 e. The zero-order chi connectivity index (χ0) is 21.7. The first-order chi connectivity index (χ1) is 14.7. The molecule has 1 aromatic rings. The molecular formula is C26H38O4. The van der Waals surface area contributed by atoms with Gasteiger partial charge in [0, 0.05) is 6.42 Å². The molecule has 4 heteroatoms. The molecule has 1 rings (SSSR count). The van der Waals surface area contributed by atoms with E-state index in [2.05, 4.69) is 30.9 Å². The van der Waals surface area contributed by atoms with Crippen LogP contribution in [0, 0.1) is 11.8 Å². The second kappa shape index (κ2) is 18.7. The van der Waals surface area contributed by atoms with Crippen LogP contribution < -0.4 is 0 Å². The van der Waals surface area contributed by atoms with Gasteiger partial charge in [-0.15, -0.1) is 0 Å². The zero-order valence-electron chi connectivity index (χ0n) is 18.6. The largest absolute Gasteiger partial charge is 0.466 e. The lowest BCUT2D eigenvalue weighted by Crippen LogP contribution is -2.11. The summed E-state index contributed by atoms with van der Waals surface area (Å²) in [6.45, 7) is 2.70. The first-order valence-electron chi connectivity index (χ1n) is 11.5. The van der Waals surface area contributed by atoms with E-state index in [0.29, 0.717) is 6.61 Å². The Kier molecular flexibility index (Phi) is 16.1. The Hall–Kier alpha value is -2.28. The fourth-order valence-corrected chi connectivity index (χ4v) is 3.06. The summed E-state index contributed by atoms with van der Waals surface area (Å²) in [5.74, 6) is 5.15. The molecule has 0 spiro atoms. The number of benzene rings is 1. The molecule has 0 fully saturated rings. The van der Waals surface area contributed by atoms with Crippen LogP contribution in [0.1, 0.15) is 89.5 Å². The molecule has 0 unspecified atom stereocenters. The number of carbonyl (C=O) groups excluding carboxylic acids is 2. The second-order valence-electron chi connectivity index (χ2n) is 7.55. The predicted molar refractivity (Wildman–Crippen MR) is 121 cm³/mol. The van der Waals surface area contributed by atoms with E-state index in [4.69, 9.17) is 9.47 Å². The molecule has 0 saturated carbocycles. The van der Waals surface area contributed by atoms with Crippen molar-refractivity contribution in [3.63, 3.8) is 0 Å². The van der Waals surface area contributed by atoms with Gasteiger partial charge in [0.1, 0.15) is 0 Å². The van der Waals surface area contributed by atoms with Crippen molar-refractivity contribution in [3.05, 3.63) is 35.9 Å². The maximum atomic E-state index is 11.7. The van der Waals surface area contributed by atoms with Crippen molar-refractivity contribution >= 4 is 11.9 Å². The van der Waals surface area contributed by atoms with E-state index in [1.807, 2.05) is 18.2 Å². The van der Waals surface area contributed by atoms with Crippen LogP contribution in [0.3, 0.4) is 0 Å². The fraction of sp³-hybridized carbons (Fsp3) is 0.615. The van der Waals surface area contributed by atoms with Gasteiger partial charge in [-0.05, 0) is 24.8 Å². The van der Waals surface area contributed by atoms with Crippen molar-refractivity contribution in [1.82, 2.24) is 0 Å². The molecule has 0 atom stereocenters. The van der Waals surface area contributed by atoms with Gasteiger partial charge in [0.2, 0.25) is 0 Å². The molecule has 0 aliphatic carbocycles. The standard InChI is InChI=1S/C26H38O4/c1-2-3-4-5-6-7-8-9-10-11-15-22-29-25(27)20-21-26(28)30-23-16-19-24-17-13-12-14-18-24/h12-14,17-18H,2-10,16,19-23H2,1H3. The number of hydrogen-bond acceptors (Lipinski definition) is 4. The van der Waals surface area contributed by atoms with Crippen molar-refractivity contribution in [1.29, 1.82) is 0 Å². The number of carbonyl (C=O) groups is 2. The van der Waals surface area contributed by atoms with Crippen LogP contribution in [0.15, 0.2) is 30.3 Å². The quantitative estimate of drug-likeness (QED) is 0.188. The number of unbranched alkanes of at least 4 members (excludes halogenated alkanes) is 8. The molecule has 0 aliphatic rings. The first kappa shape index (κ1) is 25.8. The Bertz CT molecular complexity index is 627. The highest BCUT2D eigenvalue weighted by Crippen LogP contribution is 2.09. The van der Waals surface area contributed by atoms with E-state index in [1.165, 1.54) is 50.5 Å². The molecule has 0 aromatic heterocycles. The minimum atomic E-state index is -0.405. The van der Waals surface area contributed by atoms with Crippen LogP contribution >= 0.6 is 0 Å². The molecule has 0 radical (unpaired) electrons. The molecule has 0 N–H and O–H groups in total. The number of aryl methyl sites for hydroxylation is 1. The van der Waals surface area contributed by atoms with Crippen LogP contribution in [0.2, 0.25) is 0 Å². The van der Waals surface area contributed by atoms with Crippen molar-refractivity contribution in [2.45, 2.75) is 90.4 Å². The summed E-state index contributed by atoms with van der Waals surface area (Å²) in [6.07, 6.45) is 12.8. The van der Waals surface area contributed by atoms with E-state index in [-0.39, 0.29) is 25.4 Å². The van der Waals surface area contributed by atoms with Gasteiger partial charge < -0.3 is 9.47 Å². The van der Waals surface area contributed by atoms with Gasteiger partial charge in [-0.3, -0.25) is 9.59 Å². The van der Waals surface area contributed by atoms with E-state index in [1.54, 1.807) is 0 Å². The maximum Gasteiger partial charge on any atom is 0.307 e. The van der Waals surface area contributed by atoms with E-state index < -0.39 is 5.97 Å². The zero-order valence-corrected chi connectivity index (χ0v) is 18.6. The lowest BCUT2D eigenvalue weighted by atomic mass is 10.1.